The summed E-state index contributed by atoms with van der Waals surface area (Å²) in [4.78, 5) is 9.36. The largest absolute Gasteiger partial charge is 0.759 e. The third-order valence-electron chi connectivity index (χ3n) is 4.53. The van der Waals surface area contributed by atoms with Gasteiger partial charge in [-0.05, 0) is 31.7 Å². The van der Waals surface area contributed by atoms with Crippen molar-refractivity contribution in [1.29, 1.82) is 0 Å². The summed E-state index contributed by atoms with van der Waals surface area (Å²) in [5, 5.41) is 17.0. The number of hydrogen-bond donors (Lipinski definition) is 0. The topological polar surface area (TPSA) is 62.6 Å². The standard InChI is InChI=1S/C17H14ClFN3O3/c1-2-5-14-11-8-15(12(19)9-16(11)24-25-22(14)23)21-17(18)10-6-3-4-7-13(10)20-21/h1,8-9,14H,3-7H2/q-1. The van der Waals surface area contributed by atoms with Crippen molar-refractivity contribution in [2.75, 3.05) is 0 Å². The number of rotatable bonds is 2. The van der Waals surface area contributed by atoms with Gasteiger partial charge in [-0.15, -0.1) is 17.3 Å². The normalized spacial score (nSPS) is 19.7. The van der Waals surface area contributed by atoms with Crippen molar-refractivity contribution in [3.63, 3.8) is 0 Å². The molecule has 2 heterocycles. The van der Waals surface area contributed by atoms with Gasteiger partial charge in [-0.2, -0.15) is 5.10 Å². The number of terminal acetylenes is 1. The molecule has 25 heavy (non-hydrogen) atoms. The summed E-state index contributed by atoms with van der Waals surface area (Å²) in [5.41, 5.74) is 2.42. The Balaban J connectivity index is 1.84. The van der Waals surface area contributed by atoms with Crippen LogP contribution in [0.2, 0.25) is 5.15 Å². The van der Waals surface area contributed by atoms with E-state index in [-0.39, 0.29) is 23.1 Å². The lowest BCUT2D eigenvalue weighted by atomic mass is 9.98. The molecular formula is C17H14ClFN3O3-. The van der Waals surface area contributed by atoms with Crippen molar-refractivity contribution in [3.05, 3.63) is 45.1 Å². The molecule has 4 rings (SSSR count). The van der Waals surface area contributed by atoms with Crippen LogP contribution in [0.4, 0.5) is 4.39 Å². The number of aromatic nitrogens is 2. The Bertz CT molecular complexity index is 877. The van der Waals surface area contributed by atoms with Gasteiger partial charge < -0.3 is 10.1 Å². The Kier molecular flexibility index (Phi) is 4.13. The number of hydroxylamine groups is 2. The van der Waals surface area contributed by atoms with E-state index in [1.807, 2.05) is 0 Å². The predicted octanol–water partition coefficient (Wildman–Crippen LogP) is 3.65. The van der Waals surface area contributed by atoms with Crippen LogP contribution in [0.25, 0.3) is 5.69 Å². The first-order valence-electron chi connectivity index (χ1n) is 7.94. The van der Waals surface area contributed by atoms with Crippen LogP contribution < -0.4 is 4.89 Å². The molecule has 8 heteroatoms. The number of aryl methyl sites for hydroxylation is 1. The molecule has 0 fully saturated rings. The first kappa shape index (κ1) is 16.4. The summed E-state index contributed by atoms with van der Waals surface area (Å²) in [7, 11) is 0. The van der Waals surface area contributed by atoms with Crippen molar-refractivity contribution in [2.24, 2.45) is 0 Å². The molecular weight excluding hydrogens is 349 g/mol. The van der Waals surface area contributed by atoms with Gasteiger partial charge in [0.25, 0.3) is 0 Å². The second kappa shape index (κ2) is 6.32. The monoisotopic (exact) mass is 362 g/mol. The Labute approximate surface area is 148 Å². The maximum absolute atomic E-state index is 14.6. The van der Waals surface area contributed by atoms with Crippen molar-refractivity contribution in [1.82, 2.24) is 15.0 Å². The lowest BCUT2D eigenvalue weighted by Crippen LogP contribution is -2.30. The SMILES string of the molecule is C#CCC1c2cc(-n3nc4c(c3Cl)CCCC4)c(F)cc2OON1[O-]. The Hall–Kier alpha value is -2.11. The highest BCUT2D eigenvalue weighted by molar-refractivity contribution is 6.30. The second-order valence-electron chi connectivity index (χ2n) is 6.04. The van der Waals surface area contributed by atoms with Crippen molar-refractivity contribution in [3.8, 4) is 23.8 Å². The minimum Gasteiger partial charge on any atom is -0.759 e. The van der Waals surface area contributed by atoms with E-state index in [9.17, 15) is 9.60 Å². The number of halogens is 2. The van der Waals surface area contributed by atoms with Crippen LogP contribution in [0.1, 0.15) is 42.1 Å². The molecule has 0 amide bonds. The molecule has 0 radical (unpaired) electrons. The Morgan fingerprint density at radius 3 is 2.96 bits per heavy atom. The quantitative estimate of drug-likeness (QED) is 0.603. The van der Waals surface area contributed by atoms with E-state index in [0.717, 1.165) is 43.0 Å². The molecule has 0 spiro atoms. The van der Waals surface area contributed by atoms with Crippen molar-refractivity contribution >= 4 is 11.6 Å². The molecule has 2 aromatic rings. The molecule has 1 aliphatic heterocycles. The third-order valence-corrected chi connectivity index (χ3v) is 4.92. The molecule has 1 aromatic heterocycles. The highest BCUT2D eigenvalue weighted by Crippen LogP contribution is 2.39. The third kappa shape index (κ3) is 2.68. The van der Waals surface area contributed by atoms with E-state index in [1.54, 1.807) is 0 Å². The van der Waals surface area contributed by atoms with E-state index >= 15 is 0 Å². The minimum absolute atomic E-state index is 0.0915. The number of nitrogens with zero attached hydrogens (tertiary/aromatic N) is 3. The van der Waals surface area contributed by atoms with E-state index in [1.165, 1.54) is 10.7 Å². The molecule has 1 aromatic carbocycles. The lowest BCUT2D eigenvalue weighted by Gasteiger charge is -2.37. The molecule has 1 unspecified atom stereocenters. The lowest BCUT2D eigenvalue weighted by molar-refractivity contribution is -0.374. The fourth-order valence-corrected chi connectivity index (χ4v) is 3.60. The van der Waals surface area contributed by atoms with Crippen LogP contribution >= 0.6 is 11.6 Å². The molecule has 2 aliphatic rings. The minimum atomic E-state index is -0.794. The molecule has 0 bridgehead atoms. The molecule has 1 aliphatic carbocycles. The van der Waals surface area contributed by atoms with Crippen LogP contribution in [0.3, 0.4) is 0 Å². The number of hydrogen-bond acceptors (Lipinski definition) is 5. The first-order valence-corrected chi connectivity index (χ1v) is 8.32. The summed E-state index contributed by atoms with van der Waals surface area (Å²) in [6, 6.07) is 1.85. The molecule has 0 saturated heterocycles. The summed E-state index contributed by atoms with van der Waals surface area (Å²) in [5.74, 6) is 1.95. The highest BCUT2D eigenvalue weighted by atomic mass is 35.5. The zero-order valence-electron chi connectivity index (χ0n) is 13.2. The maximum atomic E-state index is 14.6. The number of fused-ring (bicyclic) bond motifs is 2. The van der Waals surface area contributed by atoms with E-state index < -0.39 is 11.9 Å². The van der Waals surface area contributed by atoms with Crippen LogP contribution in [0.15, 0.2) is 12.1 Å². The smallest absolute Gasteiger partial charge is 0.175 e. The van der Waals surface area contributed by atoms with Gasteiger partial charge in [0.2, 0.25) is 0 Å². The highest BCUT2D eigenvalue weighted by Gasteiger charge is 2.28. The Morgan fingerprint density at radius 2 is 2.20 bits per heavy atom. The fourth-order valence-electron chi connectivity index (χ4n) is 3.27. The Morgan fingerprint density at radius 1 is 1.40 bits per heavy atom. The van der Waals surface area contributed by atoms with Crippen molar-refractivity contribution in [2.45, 2.75) is 38.1 Å². The van der Waals surface area contributed by atoms with Gasteiger partial charge in [-0.25, -0.2) is 14.3 Å². The van der Waals surface area contributed by atoms with E-state index in [4.69, 9.17) is 22.9 Å². The van der Waals surface area contributed by atoms with Gasteiger partial charge in [0.15, 0.2) is 11.6 Å². The van der Waals surface area contributed by atoms with Crippen LogP contribution in [-0.2, 0) is 17.8 Å². The zero-order valence-corrected chi connectivity index (χ0v) is 13.9. The second-order valence-corrected chi connectivity index (χ2v) is 6.40. The first-order chi connectivity index (χ1) is 12.1. The van der Waals surface area contributed by atoms with Gasteiger partial charge >= 0.3 is 0 Å². The van der Waals surface area contributed by atoms with Crippen molar-refractivity contribution < 1.29 is 14.3 Å². The molecule has 0 saturated carbocycles. The average molecular weight is 363 g/mol. The van der Waals surface area contributed by atoms with E-state index in [0.29, 0.717) is 10.7 Å². The predicted molar refractivity (Wildman–Crippen MR) is 88.3 cm³/mol. The van der Waals surface area contributed by atoms with Gasteiger partial charge in [-0.1, -0.05) is 11.6 Å². The molecule has 1 atom stereocenters. The maximum Gasteiger partial charge on any atom is 0.175 e. The van der Waals surface area contributed by atoms with Gasteiger partial charge in [0, 0.05) is 23.6 Å². The van der Waals surface area contributed by atoms with Gasteiger partial charge in [0.05, 0.1) is 11.7 Å². The van der Waals surface area contributed by atoms with E-state index in [2.05, 4.69) is 16.0 Å². The number of benzene rings is 1. The molecule has 130 valence electrons. The van der Waals surface area contributed by atoms with Gasteiger partial charge in [0.1, 0.15) is 10.8 Å². The summed E-state index contributed by atoms with van der Waals surface area (Å²) < 4.78 is 16.0. The van der Waals surface area contributed by atoms with Crippen LogP contribution in [0.5, 0.6) is 5.75 Å². The fraction of sp³-hybridized carbons (Fsp3) is 0.353. The molecule has 0 N–H and O–H groups in total. The van der Waals surface area contributed by atoms with Crippen LogP contribution in [-0.4, -0.2) is 15.0 Å². The zero-order chi connectivity index (χ0) is 17.6. The van der Waals surface area contributed by atoms with Crippen LogP contribution in [0, 0.1) is 23.4 Å². The summed E-state index contributed by atoms with van der Waals surface area (Å²) in [6.07, 6.45) is 9.13. The van der Waals surface area contributed by atoms with Gasteiger partial charge in [-0.3, -0.25) is 0 Å². The molecule has 6 nitrogen and oxygen atoms in total. The average Bonchev–Trinajstić information content (AvgIpc) is 2.94. The summed E-state index contributed by atoms with van der Waals surface area (Å²) in [6.45, 7) is 0. The summed E-state index contributed by atoms with van der Waals surface area (Å²) >= 11 is 6.43.